The lowest BCUT2D eigenvalue weighted by Crippen LogP contribution is -2.42. The van der Waals surface area contributed by atoms with Crippen LogP contribution in [0.4, 0.5) is 5.82 Å². The predicted molar refractivity (Wildman–Crippen MR) is 166 cm³/mol. The first-order chi connectivity index (χ1) is 19.9. The maximum atomic E-state index is 13.8. The molecule has 0 bridgehead atoms. The molecule has 212 valence electrons. The number of carbonyl (C=O) groups is 2. The molecule has 1 aromatic heterocycles. The van der Waals surface area contributed by atoms with Crippen molar-refractivity contribution in [2.45, 2.75) is 25.5 Å². The lowest BCUT2D eigenvalue weighted by Gasteiger charge is -2.23. The Morgan fingerprint density at radius 2 is 1.80 bits per heavy atom. The van der Waals surface area contributed by atoms with Crippen molar-refractivity contribution in [1.82, 2.24) is 15.1 Å². The molecular formula is C32H33ClN4O3S. The third kappa shape index (κ3) is 6.35. The van der Waals surface area contributed by atoms with Crippen molar-refractivity contribution in [1.29, 1.82) is 0 Å². The summed E-state index contributed by atoms with van der Waals surface area (Å²) < 4.78 is 6.92. The molecule has 0 saturated carbocycles. The number of fused-ring (bicyclic) bond motifs is 1. The van der Waals surface area contributed by atoms with Crippen molar-refractivity contribution in [3.05, 3.63) is 100 Å². The fourth-order valence-corrected chi connectivity index (χ4v) is 6.40. The van der Waals surface area contributed by atoms with E-state index in [1.54, 1.807) is 23.8 Å². The standard InChI is InChI=1S/C32H33ClN4O3S/c1-21-9-15-25(16-10-21)37-32-29(30(35-37)23-11-13-24(33)14-12-23)31(26-8-5-4-7-22(26)2)41-20-28(39)36(32)19-27(38)34-17-6-18-40-3/h4-5,7-16,31H,6,17-20H2,1-3H3,(H,34,38)/t31-/m1/s1. The fraction of sp³-hybridized carbons (Fsp3) is 0.281. The second-order valence-electron chi connectivity index (χ2n) is 10.1. The van der Waals surface area contributed by atoms with Crippen molar-refractivity contribution < 1.29 is 14.3 Å². The van der Waals surface area contributed by atoms with Crippen LogP contribution in [-0.4, -0.2) is 54.2 Å². The van der Waals surface area contributed by atoms with Crippen LogP contribution in [0.15, 0.2) is 72.8 Å². The van der Waals surface area contributed by atoms with Gasteiger partial charge in [0, 0.05) is 36.4 Å². The first-order valence-corrected chi connectivity index (χ1v) is 15.0. The molecule has 3 aromatic carbocycles. The first kappa shape index (κ1) is 28.9. The first-order valence-electron chi connectivity index (χ1n) is 13.6. The molecule has 1 N–H and O–H groups in total. The van der Waals surface area contributed by atoms with E-state index in [1.165, 1.54) is 0 Å². The highest BCUT2D eigenvalue weighted by Gasteiger charge is 2.38. The van der Waals surface area contributed by atoms with E-state index in [0.29, 0.717) is 30.4 Å². The van der Waals surface area contributed by atoms with Crippen LogP contribution in [0.3, 0.4) is 0 Å². The van der Waals surface area contributed by atoms with E-state index in [9.17, 15) is 9.59 Å². The Balaban J connectivity index is 1.72. The average molecular weight is 589 g/mol. The van der Waals surface area contributed by atoms with Crippen molar-refractivity contribution >= 4 is 41.0 Å². The van der Waals surface area contributed by atoms with Crippen LogP contribution in [0, 0.1) is 13.8 Å². The van der Waals surface area contributed by atoms with Crippen molar-refractivity contribution in [3.63, 3.8) is 0 Å². The molecule has 2 amide bonds. The molecule has 0 saturated heterocycles. The van der Waals surface area contributed by atoms with Crippen LogP contribution in [-0.2, 0) is 14.3 Å². The highest BCUT2D eigenvalue weighted by atomic mass is 35.5. The summed E-state index contributed by atoms with van der Waals surface area (Å²) in [4.78, 5) is 28.6. The summed E-state index contributed by atoms with van der Waals surface area (Å²) in [6.07, 6.45) is 0.689. The fourth-order valence-electron chi connectivity index (χ4n) is 4.98. The van der Waals surface area contributed by atoms with Crippen molar-refractivity contribution in [3.8, 4) is 16.9 Å². The lowest BCUT2D eigenvalue weighted by atomic mass is 9.96. The third-order valence-electron chi connectivity index (χ3n) is 7.11. The van der Waals surface area contributed by atoms with E-state index in [-0.39, 0.29) is 29.4 Å². The zero-order valence-electron chi connectivity index (χ0n) is 23.4. The second-order valence-corrected chi connectivity index (χ2v) is 11.6. The van der Waals surface area contributed by atoms with Gasteiger partial charge in [-0.15, -0.1) is 11.8 Å². The van der Waals surface area contributed by atoms with Gasteiger partial charge in [-0.3, -0.25) is 14.5 Å². The van der Waals surface area contributed by atoms with Gasteiger partial charge in [-0.1, -0.05) is 65.7 Å². The minimum Gasteiger partial charge on any atom is -0.385 e. The molecule has 41 heavy (non-hydrogen) atoms. The smallest absolute Gasteiger partial charge is 0.240 e. The number of carbonyl (C=O) groups excluding carboxylic acids is 2. The molecule has 0 aliphatic carbocycles. The molecule has 5 rings (SSSR count). The summed E-state index contributed by atoms with van der Waals surface area (Å²) in [6, 6.07) is 23.8. The molecule has 0 unspecified atom stereocenters. The Kier molecular flexibility index (Phi) is 9.12. The van der Waals surface area contributed by atoms with Crippen LogP contribution in [0.5, 0.6) is 0 Å². The minimum atomic E-state index is -0.232. The molecule has 1 aliphatic rings. The molecule has 0 fully saturated rings. The van der Waals surface area contributed by atoms with Gasteiger partial charge in [-0.05, 0) is 55.7 Å². The van der Waals surface area contributed by atoms with E-state index in [1.807, 2.05) is 72.3 Å². The predicted octanol–water partition coefficient (Wildman–Crippen LogP) is 6.13. The average Bonchev–Trinajstić information content (AvgIpc) is 3.29. The number of aromatic nitrogens is 2. The SMILES string of the molecule is COCCCNC(=O)CN1C(=O)CS[C@H](c2ccccc2C)c2c(-c3ccc(Cl)cc3)nn(-c3ccc(C)cc3)c21. The third-order valence-corrected chi connectivity index (χ3v) is 8.59. The van der Waals surface area contributed by atoms with Crippen LogP contribution in [0.25, 0.3) is 16.9 Å². The largest absolute Gasteiger partial charge is 0.385 e. The van der Waals surface area contributed by atoms with Gasteiger partial charge >= 0.3 is 0 Å². The van der Waals surface area contributed by atoms with E-state index in [2.05, 4.69) is 24.4 Å². The Morgan fingerprint density at radius 1 is 1.07 bits per heavy atom. The monoisotopic (exact) mass is 588 g/mol. The van der Waals surface area contributed by atoms with Gasteiger partial charge < -0.3 is 10.1 Å². The topological polar surface area (TPSA) is 76.5 Å². The number of anilines is 1. The molecule has 4 aromatic rings. The molecule has 0 radical (unpaired) electrons. The second kappa shape index (κ2) is 12.9. The molecule has 2 heterocycles. The van der Waals surface area contributed by atoms with Gasteiger partial charge in [0.05, 0.1) is 22.4 Å². The molecule has 9 heteroatoms. The molecule has 1 atom stereocenters. The number of amides is 2. The van der Waals surface area contributed by atoms with Gasteiger partial charge in [0.15, 0.2) is 0 Å². The van der Waals surface area contributed by atoms with Gasteiger partial charge in [0.2, 0.25) is 11.8 Å². The summed E-state index contributed by atoms with van der Waals surface area (Å²) in [5, 5.41) is 8.52. The maximum Gasteiger partial charge on any atom is 0.240 e. The Morgan fingerprint density at radius 3 is 2.51 bits per heavy atom. The highest BCUT2D eigenvalue weighted by molar-refractivity contribution is 8.00. The maximum absolute atomic E-state index is 13.8. The number of nitrogens with one attached hydrogen (secondary N) is 1. The van der Waals surface area contributed by atoms with E-state index < -0.39 is 0 Å². The molecule has 7 nitrogen and oxygen atoms in total. The summed E-state index contributed by atoms with van der Waals surface area (Å²) in [6.45, 7) is 5.01. The number of thioether (sulfide) groups is 1. The number of hydrogen-bond acceptors (Lipinski definition) is 5. The van der Waals surface area contributed by atoms with Gasteiger partial charge in [0.25, 0.3) is 0 Å². The number of nitrogens with zero attached hydrogens (tertiary/aromatic N) is 3. The van der Waals surface area contributed by atoms with Crippen LogP contribution < -0.4 is 10.2 Å². The quantitative estimate of drug-likeness (QED) is 0.238. The highest BCUT2D eigenvalue weighted by Crippen LogP contribution is 2.49. The van der Waals surface area contributed by atoms with E-state index in [0.717, 1.165) is 39.2 Å². The lowest BCUT2D eigenvalue weighted by molar-refractivity contribution is -0.122. The van der Waals surface area contributed by atoms with Crippen molar-refractivity contribution in [2.75, 3.05) is 37.5 Å². The number of rotatable bonds is 9. The van der Waals surface area contributed by atoms with Gasteiger partial charge in [-0.2, -0.15) is 5.10 Å². The zero-order chi connectivity index (χ0) is 28.9. The number of ether oxygens (including phenoxy) is 1. The van der Waals surface area contributed by atoms with Gasteiger partial charge in [-0.25, -0.2) is 4.68 Å². The summed E-state index contributed by atoms with van der Waals surface area (Å²) in [7, 11) is 1.63. The van der Waals surface area contributed by atoms with Crippen LogP contribution in [0.1, 0.15) is 33.9 Å². The molecule has 1 aliphatic heterocycles. The van der Waals surface area contributed by atoms with Gasteiger partial charge in [0.1, 0.15) is 12.4 Å². The minimum absolute atomic E-state index is 0.114. The number of methoxy groups -OCH3 is 1. The number of aryl methyl sites for hydroxylation is 2. The normalized spacial score (nSPS) is 15.0. The molecule has 0 spiro atoms. The number of hydrogen-bond donors (Lipinski definition) is 1. The zero-order valence-corrected chi connectivity index (χ0v) is 25.0. The Labute approximate surface area is 249 Å². The Hall–Kier alpha value is -3.59. The Bertz CT molecular complexity index is 1540. The number of benzene rings is 3. The summed E-state index contributed by atoms with van der Waals surface area (Å²) in [5.74, 6) is 0.451. The number of halogens is 1. The van der Waals surface area contributed by atoms with E-state index in [4.69, 9.17) is 21.4 Å². The molecular weight excluding hydrogens is 556 g/mol. The van der Waals surface area contributed by atoms with Crippen LogP contribution in [0.2, 0.25) is 5.02 Å². The van der Waals surface area contributed by atoms with Crippen molar-refractivity contribution in [2.24, 2.45) is 0 Å². The van der Waals surface area contributed by atoms with E-state index >= 15 is 0 Å². The summed E-state index contributed by atoms with van der Waals surface area (Å²) in [5.41, 5.74) is 6.67. The summed E-state index contributed by atoms with van der Waals surface area (Å²) >= 11 is 7.82. The van der Waals surface area contributed by atoms with Crippen LogP contribution >= 0.6 is 23.4 Å².